The smallest absolute Gasteiger partial charge is 0.229 e. The number of nitrogens with zero attached hydrogens (tertiary/aromatic N) is 1. The summed E-state index contributed by atoms with van der Waals surface area (Å²) < 4.78 is 6.22. The summed E-state index contributed by atoms with van der Waals surface area (Å²) in [5.74, 6) is -0.000910. The number of amides is 1. The summed E-state index contributed by atoms with van der Waals surface area (Å²) in [5.41, 5.74) is 1.31. The maximum Gasteiger partial charge on any atom is 0.229 e. The van der Waals surface area contributed by atoms with Crippen molar-refractivity contribution in [1.29, 1.82) is 0 Å². The molecule has 0 saturated carbocycles. The van der Waals surface area contributed by atoms with Crippen molar-refractivity contribution >= 4 is 35.4 Å². The quantitative estimate of drug-likeness (QED) is 0.383. The van der Waals surface area contributed by atoms with Crippen molar-refractivity contribution < 1.29 is 14.3 Å². The lowest BCUT2D eigenvalue weighted by Gasteiger charge is -2.53. The molecular weight excluding hydrogens is 469 g/mol. The van der Waals surface area contributed by atoms with Crippen molar-refractivity contribution in [1.82, 2.24) is 4.90 Å². The van der Waals surface area contributed by atoms with Crippen molar-refractivity contribution in [2.75, 3.05) is 6.61 Å². The van der Waals surface area contributed by atoms with E-state index in [0.29, 0.717) is 16.5 Å². The average Bonchev–Trinajstić information content (AvgIpc) is 2.84. The van der Waals surface area contributed by atoms with Crippen molar-refractivity contribution in [2.45, 2.75) is 76.5 Å². The average molecular weight is 502 g/mol. The molecule has 0 spiro atoms. The Bertz CT molecular complexity index is 1000. The predicted octanol–water partition coefficient (Wildman–Crippen LogP) is 6.99. The number of halogens is 2. The number of hydrogen-bond acceptors (Lipinski definition) is 3. The molecule has 2 aliphatic heterocycles. The van der Waals surface area contributed by atoms with Crippen molar-refractivity contribution in [3.8, 4) is 0 Å². The lowest BCUT2D eigenvalue weighted by Crippen LogP contribution is -2.59. The predicted molar refractivity (Wildman–Crippen MR) is 136 cm³/mol. The second-order valence-corrected chi connectivity index (χ2v) is 10.8. The lowest BCUT2D eigenvalue weighted by molar-refractivity contribution is -0.162. The minimum absolute atomic E-state index is 0.0175. The van der Waals surface area contributed by atoms with Gasteiger partial charge in [0.1, 0.15) is 6.29 Å². The first-order valence-corrected chi connectivity index (χ1v) is 13.0. The Morgan fingerprint density at radius 1 is 1.12 bits per heavy atom. The zero-order valence-corrected chi connectivity index (χ0v) is 21.4. The molecule has 4 rings (SSSR count). The zero-order chi connectivity index (χ0) is 24.3. The molecule has 0 N–H and O–H groups in total. The van der Waals surface area contributed by atoms with Crippen LogP contribution in [-0.2, 0) is 14.3 Å². The largest absolute Gasteiger partial charge is 0.376 e. The van der Waals surface area contributed by atoms with Gasteiger partial charge in [-0.1, -0.05) is 61.3 Å². The van der Waals surface area contributed by atoms with Gasteiger partial charge in [0.25, 0.3) is 0 Å². The number of benzene rings is 2. The second kappa shape index (κ2) is 10.8. The first kappa shape index (κ1) is 25.2. The van der Waals surface area contributed by atoms with E-state index in [1.807, 2.05) is 49.4 Å². The van der Waals surface area contributed by atoms with Crippen LogP contribution >= 0.6 is 23.2 Å². The molecule has 0 radical (unpaired) electrons. The van der Waals surface area contributed by atoms with E-state index in [1.54, 1.807) is 0 Å². The third kappa shape index (κ3) is 5.05. The van der Waals surface area contributed by atoms with Gasteiger partial charge in [-0.15, -0.1) is 0 Å². The summed E-state index contributed by atoms with van der Waals surface area (Å²) in [6.45, 7) is 4.77. The molecule has 2 saturated heterocycles. The molecule has 2 heterocycles. The van der Waals surface area contributed by atoms with Gasteiger partial charge in [0.15, 0.2) is 0 Å². The van der Waals surface area contributed by atoms with Gasteiger partial charge in [-0.25, -0.2) is 0 Å². The van der Waals surface area contributed by atoms with Gasteiger partial charge in [-0.05, 0) is 67.5 Å². The maximum atomic E-state index is 14.2. The molecule has 0 aliphatic carbocycles. The first-order valence-electron chi connectivity index (χ1n) is 12.3. The fourth-order valence-corrected chi connectivity index (χ4v) is 6.15. The summed E-state index contributed by atoms with van der Waals surface area (Å²) >= 11 is 12.6. The fourth-order valence-electron chi connectivity index (χ4n) is 5.83. The van der Waals surface area contributed by atoms with E-state index in [4.69, 9.17) is 27.9 Å². The Kier molecular flexibility index (Phi) is 8.01. The number of likely N-dealkylation sites (tertiary alicyclic amines) is 1. The van der Waals surface area contributed by atoms with Crippen LogP contribution in [0, 0.1) is 5.41 Å². The number of piperidine rings is 1. The monoisotopic (exact) mass is 501 g/mol. The summed E-state index contributed by atoms with van der Waals surface area (Å²) in [6, 6.07) is 15.4. The molecule has 4 nitrogen and oxygen atoms in total. The van der Waals surface area contributed by atoms with E-state index in [1.165, 1.54) is 0 Å². The fraction of sp³-hybridized carbons (Fsp3) is 0.500. The lowest BCUT2D eigenvalue weighted by atomic mass is 9.67. The topological polar surface area (TPSA) is 46.6 Å². The van der Waals surface area contributed by atoms with Gasteiger partial charge < -0.3 is 14.4 Å². The third-order valence-electron chi connectivity index (χ3n) is 7.54. The van der Waals surface area contributed by atoms with Gasteiger partial charge in [0.05, 0.1) is 23.6 Å². The Hall–Kier alpha value is -1.88. The number of rotatable bonds is 7. The van der Waals surface area contributed by atoms with Gasteiger partial charge in [0, 0.05) is 29.0 Å². The number of hydrogen-bond donors (Lipinski definition) is 0. The molecule has 2 aliphatic rings. The SMILES string of the molecule is CC[C@@H](C1CCCCO1)N1C(=O)[C@@](C)(CC=O)C[C@H](c2cccc(Cl)c2)C1c1ccc(Cl)cc1. The summed E-state index contributed by atoms with van der Waals surface area (Å²) in [5, 5.41) is 1.32. The Morgan fingerprint density at radius 2 is 1.88 bits per heavy atom. The molecule has 6 heteroatoms. The molecule has 2 fully saturated rings. The highest BCUT2D eigenvalue weighted by Crippen LogP contribution is 2.52. The Labute approximate surface area is 212 Å². The molecule has 2 aromatic rings. The normalized spacial score (nSPS) is 28.5. The number of carbonyl (C=O) groups is 2. The molecule has 0 aromatic heterocycles. The number of aldehydes is 1. The van der Waals surface area contributed by atoms with E-state index >= 15 is 0 Å². The van der Waals surface area contributed by atoms with Gasteiger partial charge in [-0.3, -0.25) is 4.79 Å². The highest BCUT2D eigenvalue weighted by Gasteiger charge is 2.52. The molecule has 2 aromatic carbocycles. The number of ether oxygens (including phenoxy) is 1. The molecule has 1 amide bonds. The van der Waals surface area contributed by atoms with Crippen LogP contribution in [0.3, 0.4) is 0 Å². The first-order chi connectivity index (χ1) is 16.4. The van der Waals surface area contributed by atoms with E-state index < -0.39 is 5.41 Å². The van der Waals surface area contributed by atoms with Crippen LogP contribution in [0.25, 0.3) is 0 Å². The highest BCUT2D eigenvalue weighted by atomic mass is 35.5. The Morgan fingerprint density at radius 3 is 2.50 bits per heavy atom. The van der Waals surface area contributed by atoms with Gasteiger partial charge in [-0.2, -0.15) is 0 Å². The van der Waals surface area contributed by atoms with E-state index in [2.05, 4.69) is 17.9 Å². The minimum atomic E-state index is -0.792. The van der Waals surface area contributed by atoms with Crippen molar-refractivity contribution in [3.63, 3.8) is 0 Å². The van der Waals surface area contributed by atoms with Crippen molar-refractivity contribution in [3.05, 3.63) is 69.7 Å². The summed E-state index contributed by atoms with van der Waals surface area (Å²) in [7, 11) is 0. The summed E-state index contributed by atoms with van der Waals surface area (Å²) in [4.78, 5) is 28.0. The van der Waals surface area contributed by atoms with E-state index in [0.717, 1.165) is 49.7 Å². The minimum Gasteiger partial charge on any atom is -0.376 e. The third-order valence-corrected chi connectivity index (χ3v) is 8.03. The number of carbonyl (C=O) groups excluding carboxylic acids is 2. The summed E-state index contributed by atoms with van der Waals surface area (Å²) in [6.07, 6.45) is 5.48. The highest BCUT2D eigenvalue weighted by molar-refractivity contribution is 6.30. The van der Waals surface area contributed by atoms with Crippen LogP contribution in [0.2, 0.25) is 10.0 Å². The molecule has 0 bridgehead atoms. The molecule has 5 atom stereocenters. The Balaban J connectivity index is 1.88. The van der Waals surface area contributed by atoms with Crippen LogP contribution in [0.5, 0.6) is 0 Å². The molecule has 34 heavy (non-hydrogen) atoms. The van der Waals surface area contributed by atoms with Gasteiger partial charge >= 0.3 is 0 Å². The van der Waals surface area contributed by atoms with E-state index in [9.17, 15) is 9.59 Å². The van der Waals surface area contributed by atoms with Crippen LogP contribution in [0.1, 0.15) is 75.5 Å². The van der Waals surface area contributed by atoms with E-state index in [-0.39, 0.29) is 36.4 Å². The van der Waals surface area contributed by atoms with Crippen molar-refractivity contribution in [2.24, 2.45) is 5.41 Å². The van der Waals surface area contributed by atoms with Crippen LogP contribution in [-0.4, -0.2) is 35.8 Å². The molecule has 2 unspecified atom stereocenters. The zero-order valence-electron chi connectivity index (χ0n) is 19.9. The molecule has 182 valence electrons. The second-order valence-electron chi connectivity index (χ2n) is 9.89. The molecular formula is C28H33Cl2NO3. The van der Waals surface area contributed by atoms with Crippen LogP contribution < -0.4 is 0 Å². The van der Waals surface area contributed by atoms with Crippen LogP contribution in [0.4, 0.5) is 0 Å². The maximum absolute atomic E-state index is 14.2. The van der Waals surface area contributed by atoms with Gasteiger partial charge in [0.2, 0.25) is 5.91 Å². The van der Waals surface area contributed by atoms with Crippen LogP contribution in [0.15, 0.2) is 48.5 Å². The standard InChI is InChI=1S/C28H33Cl2NO3/c1-3-24(25-9-4-5-16-34-25)31-26(19-10-12-21(29)13-11-19)23(20-7-6-8-22(30)17-20)18-28(2,14-15-32)27(31)33/h6-8,10-13,15,17,23-26H,3-5,9,14,16,18H2,1-2H3/t23-,24+,25?,26?,28+/m1/s1.